The number of hydrogen-bond acceptors (Lipinski definition) is 7. The van der Waals surface area contributed by atoms with Crippen molar-refractivity contribution in [1.29, 1.82) is 0 Å². The highest BCUT2D eigenvalue weighted by Gasteiger charge is 2.31. The molecule has 0 spiro atoms. The first kappa shape index (κ1) is 23.1. The SMILES string of the molecule is COCCn1nnnc1C(c1ccccn1)N1CCN(c2cc(C)ccc2C)CC1.[Cl-]. The maximum absolute atomic E-state index is 5.23. The predicted octanol–water partition coefficient (Wildman–Crippen LogP) is -0.753. The summed E-state index contributed by atoms with van der Waals surface area (Å²) >= 11 is 0. The standard InChI is InChI=1S/C22H29N7O.ClH/c1-17-7-8-18(2)20(16-17)27-10-12-28(13-11-27)21(19-6-4-5-9-23-19)22-24-25-26-29(22)14-15-30-3;/h4-9,16,21H,10-15H2,1-3H3;1H/p-1. The number of ether oxygens (including phenoxy) is 1. The number of piperazine rings is 1. The monoisotopic (exact) mass is 442 g/mol. The largest absolute Gasteiger partial charge is 1.00 e. The first-order valence-electron chi connectivity index (χ1n) is 10.4. The van der Waals surface area contributed by atoms with E-state index in [-0.39, 0.29) is 18.4 Å². The van der Waals surface area contributed by atoms with Crippen molar-refractivity contribution in [2.45, 2.75) is 26.4 Å². The Balaban J connectivity index is 0.00000272. The fraction of sp³-hybridized carbons (Fsp3) is 0.455. The van der Waals surface area contributed by atoms with Crippen LogP contribution >= 0.6 is 0 Å². The number of tetrazole rings is 1. The van der Waals surface area contributed by atoms with Gasteiger partial charge in [-0.3, -0.25) is 9.88 Å². The van der Waals surface area contributed by atoms with Crippen LogP contribution in [0.25, 0.3) is 0 Å². The van der Waals surface area contributed by atoms with Crippen LogP contribution in [0.4, 0.5) is 5.69 Å². The van der Waals surface area contributed by atoms with Crippen molar-refractivity contribution in [2.24, 2.45) is 0 Å². The molecule has 0 N–H and O–H groups in total. The Morgan fingerprint density at radius 2 is 1.87 bits per heavy atom. The number of hydrogen-bond donors (Lipinski definition) is 0. The summed E-state index contributed by atoms with van der Waals surface area (Å²) in [6.07, 6.45) is 1.83. The van der Waals surface area contributed by atoms with Gasteiger partial charge < -0.3 is 22.0 Å². The quantitative estimate of drug-likeness (QED) is 0.476. The van der Waals surface area contributed by atoms with Crippen LogP contribution in [-0.4, -0.2) is 70.0 Å². The number of aryl methyl sites for hydroxylation is 2. The smallest absolute Gasteiger partial charge is 0.174 e. The zero-order valence-electron chi connectivity index (χ0n) is 18.3. The second-order valence-corrected chi connectivity index (χ2v) is 7.72. The molecular formula is C22H29ClN7O-. The van der Waals surface area contributed by atoms with E-state index in [0.29, 0.717) is 13.2 Å². The van der Waals surface area contributed by atoms with E-state index in [2.05, 4.69) is 68.4 Å². The highest BCUT2D eigenvalue weighted by Crippen LogP contribution is 2.29. The fourth-order valence-electron chi connectivity index (χ4n) is 4.05. The van der Waals surface area contributed by atoms with E-state index in [0.717, 1.165) is 37.7 Å². The van der Waals surface area contributed by atoms with E-state index in [4.69, 9.17) is 4.74 Å². The van der Waals surface area contributed by atoms with E-state index >= 15 is 0 Å². The number of benzene rings is 1. The molecule has 4 rings (SSSR count). The van der Waals surface area contributed by atoms with Gasteiger partial charge in [-0.05, 0) is 53.6 Å². The molecule has 8 nitrogen and oxygen atoms in total. The van der Waals surface area contributed by atoms with Gasteiger partial charge in [-0.2, -0.15) is 0 Å². The van der Waals surface area contributed by atoms with E-state index < -0.39 is 0 Å². The van der Waals surface area contributed by atoms with Gasteiger partial charge in [0.05, 0.1) is 18.8 Å². The van der Waals surface area contributed by atoms with Gasteiger partial charge in [-0.1, -0.05) is 18.2 Å². The third-order valence-corrected chi connectivity index (χ3v) is 5.66. The number of pyridine rings is 1. The van der Waals surface area contributed by atoms with Crippen LogP contribution in [0.5, 0.6) is 0 Å². The van der Waals surface area contributed by atoms with Crippen molar-refractivity contribution >= 4 is 5.69 Å². The third-order valence-electron chi connectivity index (χ3n) is 5.66. The molecule has 1 aromatic carbocycles. The minimum absolute atomic E-state index is 0. The minimum Gasteiger partial charge on any atom is -1.00 e. The zero-order valence-corrected chi connectivity index (χ0v) is 19.0. The molecule has 3 aromatic rings. The van der Waals surface area contributed by atoms with Gasteiger partial charge in [0, 0.05) is 45.2 Å². The second-order valence-electron chi connectivity index (χ2n) is 7.72. The molecule has 0 saturated carbocycles. The summed E-state index contributed by atoms with van der Waals surface area (Å²) in [5.41, 5.74) is 4.90. The lowest BCUT2D eigenvalue weighted by Crippen LogP contribution is -3.00. The van der Waals surface area contributed by atoms with Crippen molar-refractivity contribution in [2.75, 3.05) is 44.8 Å². The summed E-state index contributed by atoms with van der Waals surface area (Å²) in [6.45, 7) is 9.23. The first-order chi connectivity index (χ1) is 14.7. The summed E-state index contributed by atoms with van der Waals surface area (Å²) in [6, 6.07) is 12.6. The van der Waals surface area contributed by atoms with Crippen LogP contribution < -0.4 is 17.3 Å². The van der Waals surface area contributed by atoms with Crippen LogP contribution in [0.2, 0.25) is 0 Å². The Bertz CT molecular complexity index is 958. The number of halogens is 1. The van der Waals surface area contributed by atoms with Crippen LogP contribution in [0.15, 0.2) is 42.6 Å². The highest BCUT2D eigenvalue weighted by atomic mass is 35.5. The summed E-state index contributed by atoms with van der Waals surface area (Å²) in [5, 5.41) is 12.5. The van der Waals surface area contributed by atoms with Gasteiger partial charge in [-0.25, -0.2) is 4.68 Å². The highest BCUT2D eigenvalue weighted by molar-refractivity contribution is 5.55. The average Bonchev–Trinajstić information content (AvgIpc) is 3.23. The topological polar surface area (TPSA) is 72.2 Å². The number of nitrogens with zero attached hydrogens (tertiary/aromatic N) is 7. The maximum Gasteiger partial charge on any atom is 0.174 e. The lowest BCUT2D eigenvalue weighted by molar-refractivity contribution is -0.00000685. The van der Waals surface area contributed by atoms with Gasteiger partial charge in [0.1, 0.15) is 6.04 Å². The summed E-state index contributed by atoms with van der Waals surface area (Å²) < 4.78 is 7.07. The maximum atomic E-state index is 5.23. The Morgan fingerprint density at radius 1 is 1.06 bits per heavy atom. The fourth-order valence-corrected chi connectivity index (χ4v) is 4.05. The Morgan fingerprint density at radius 3 is 2.58 bits per heavy atom. The van der Waals surface area contributed by atoms with Crippen molar-refractivity contribution in [1.82, 2.24) is 30.1 Å². The number of anilines is 1. The molecule has 3 heterocycles. The molecule has 0 amide bonds. The lowest BCUT2D eigenvalue weighted by Gasteiger charge is -2.40. The predicted molar refractivity (Wildman–Crippen MR) is 115 cm³/mol. The average molecular weight is 443 g/mol. The van der Waals surface area contributed by atoms with Gasteiger partial charge in [0.2, 0.25) is 0 Å². The zero-order chi connectivity index (χ0) is 20.9. The van der Waals surface area contributed by atoms with Crippen LogP contribution in [0.3, 0.4) is 0 Å². The van der Waals surface area contributed by atoms with Crippen molar-refractivity contribution in [3.05, 3.63) is 65.2 Å². The van der Waals surface area contributed by atoms with Crippen molar-refractivity contribution < 1.29 is 17.1 Å². The summed E-state index contributed by atoms with van der Waals surface area (Å²) in [5.74, 6) is 0.811. The minimum atomic E-state index is -0.0844. The molecule has 1 unspecified atom stereocenters. The first-order valence-corrected chi connectivity index (χ1v) is 10.4. The molecule has 31 heavy (non-hydrogen) atoms. The molecule has 1 atom stereocenters. The van der Waals surface area contributed by atoms with Gasteiger partial charge in [-0.15, -0.1) is 5.10 Å². The van der Waals surface area contributed by atoms with Crippen LogP contribution in [0, 0.1) is 13.8 Å². The summed E-state index contributed by atoms with van der Waals surface area (Å²) in [4.78, 5) is 9.54. The molecule has 0 bridgehead atoms. The molecule has 0 radical (unpaired) electrons. The molecule has 0 aliphatic carbocycles. The number of methoxy groups -OCH3 is 1. The van der Waals surface area contributed by atoms with E-state index in [1.54, 1.807) is 7.11 Å². The van der Waals surface area contributed by atoms with E-state index in [1.165, 1.54) is 16.8 Å². The molecule has 166 valence electrons. The van der Waals surface area contributed by atoms with Crippen LogP contribution in [-0.2, 0) is 11.3 Å². The third kappa shape index (κ3) is 5.20. The lowest BCUT2D eigenvalue weighted by atomic mass is 10.1. The molecule has 1 aliphatic heterocycles. The van der Waals surface area contributed by atoms with Crippen LogP contribution in [0.1, 0.15) is 28.7 Å². The Kier molecular flexibility index (Phi) is 7.95. The van der Waals surface area contributed by atoms with Gasteiger partial charge >= 0.3 is 0 Å². The molecule has 1 fully saturated rings. The van der Waals surface area contributed by atoms with Crippen molar-refractivity contribution in [3.8, 4) is 0 Å². The van der Waals surface area contributed by atoms with Gasteiger partial charge in [0.15, 0.2) is 5.82 Å². The number of rotatable bonds is 7. The Labute approximate surface area is 189 Å². The summed E-state index contributed by atoms with van der Waals surface area (Å²) in [7, 11) is 1.69. The molecular weight excluding hydrogens is 414 g/mol. The van der Waals surface area contributed by atoms with Crippen molar-refractivity contribution in [3.63, 3.8) is 0 Å². The molecule has 1 aliphatic rings. The Hall–Kier alpha value is -2.55. The normalized spacial score (nSPS) is 15.5. The second kappa shape index (κ2) is 10.7. The molecule has 2 aromatic heterocycles. The number of aromatic nitrogens is 5. The molecule has 9 heteroatoms. The van der Waals surface area contributed by atoms with Gasteiger partial charge in [0.25, 0.3) is 0 Å². The van der Waals surface area contributed by atoms with E-state index in [1.807, 2.05) is 23.0 Å². The molecule has 1 saturated heterocycles. The van der Waals surface area contributed by atoms with E-state index in [9.17, 15) is 0 Å².